The van der Waals surface area contributed by atoms with Gasteiger partial charge in [0.2, 0.25) is 0 Å². The lowest BCUT2D eigenvalue weighted by atomic mass is 10.1. The molecule has 1 atom stereocenters. The van der Waals surface area contributed by atoms with Gasteiger partial charge in [0, 0.05) is 25.3 Å². The van der Waals surface area contributed by atoms with Crippen molar-refractivity contribution in [2.24, 2.45) is 5.92 Å². The van der Waals surface area contributed by atoms with E-state index in [0.717, 1.165) is 42.8 Å². The summed E-state index contributed by atoms with van der Waals surface area (Å²) in [6, 6.07) is 14.1. The molecule has 1 aromatic heterocycles. The molecule has 4 rings (SSSR count). The third-order valence-corrected chi connectivity index (χ3v) is 4.56. The number of anilines is 2. The van der Waals surface area contributed by atoms with Crippen LogP contribution in [0.5, 0.6) is 5.75 Å². The van der Waals surface area contributed by atoms with Crippen LogP contribution in [-0.2, 0) is 0 Å². The number of hydrogen-bond acceptors (Lipinski definition) is 5. The van der Waals surface area contributed by atoms with Gasteiger partial charge in [0.25, 0.3) is 6.01 Å². The first-order valence-corrected chi connectivity index (χ1v) is 8.66. The summed E-state index contributed by atoms with van der Waals surface area (Å²) in [5, 5.41) is 3.23. The predicted molar refractivity (Wildman–Crippen MR) is 95.9 cm³/mol. The Kier molecular flexibility index (Phi) is 4.55. The fourth-order valence-corrected chi connectivity index (χ4v) is 3.27. The van der Waals surface area contributed by atoms with E-state index < -0.39 is 6.36 Å². The van der Waals surface area contributed by atoms with Crippen molar-refractivity contribution in [3.8, 4) is 5.75 Å². The Balaban J connectivity index is 1.32. The van der Waals surface area contributed by atoms with Gasteiger partial charge in [-0.3, -0.25) is 0 Å². The summed E-state index contributed by atoms with van der Waals surface area (Å²) in [6.07, 6.45) is -3.69. The highest BCUT2D eigenvalue weighted by molar-refractivity contribution is 5.74. The number of fused-ring (bicyclic) bond motifs is 1. The third-order valence-electron chi connectivity index (χ3n) is 4.56. The van der Waals surface area contributed by atoms with Gasteiger partial charge in [0.05, 0.1) is 0 Å². The van der Waals surface area contributed by atoms with E-state index in [1.54, 1.807) is 12.1 Å². The van der Waals surface area contributed by atoms with Crippen molar-refractivity contribution >= 4 is 22.8 Å². The molecule has 1 fully saturated rings. The summed E-state index contributed by atoms with van der Waals surface area (Å²) < 4.78 is 46.3. The number of nitrogens with zero attached hydrogens (tertiary/aromatic N) is 2. The summed E-state index contributed by atoms with van der Waals surface area (Å²) in [4.78, 5) is 6.54. The van der Waals surface area contributed by atoms with Crippen LogP contribution in [0.15, 0.2) is 52.9 Å². The van der Waals surface area contributed by atoms with Gasteiger partial charge in [-0.25, -0.2) is 0 Å². The zero-order valence-electron chi connectivity index (χ0n) is 14.4. The molecule has 1 N–H and O–H groups in total. The smallest absolute Gasteiger partial charge is 0.424 e. The lowest BCUT2D eigenvalue weighted by molar-refractivity contribution is -0.274. The maximum absolute atomic E-state index is 12.2. The minimum Gasteiger partial charge on any atom is -0.424 e. The Bertz CT molecular complexity index is 875. The molecule has 3 aromatic rings. The molecule has 0 radical (unpaired) electrons. The first-order valence-electron chi connectivity index (χ1n) is 8.66. The van der Waals surface area contributed by atoms with Gasteiger partial charge in [-0.1, -0.05) is 12.1 Å². The lowest BCUT2D eigenvalue weighted by Gasteiger charge is -2.19. The molecule has 2 aromatic carbocycles. The average Bonchev–Trinajstić information content (AvgIpc) is 3.26. The van der Waals surface area contributed by atoms with E-state index in [9.17, 15) is 13.2 Å². The highest BCUT2D eigenvalue weighted by Crippen LogP contribution is 2.28. The first kappa shape index (κ1) is 17.5. The second kappa shape index (κ2) is 7.02. The van der Waals surface area contributed by atoms with Crippen molar-refractivity contribution < 1.29 is 22.3 Å². The van der Waals surface area contributed by atoms with E-state index >= 15 is 0 Å². The van der Waals surface area contributed by atoms with E-state index in [0.29, 0.717) is 11.9 Å². The Morgan fingerprint density at radius 2 is 1.93 bits per heavy atom. The number of aromatic nitrogens is 1. The number of oxazole rings is 1. The molecule has 27 heavy (non-hydrogen) atoms. The molecule has 142 valence electrons. The van der Waals surface area contributed by atoms with Crippen LogP contribution in [0.25, 0.3) is 11.1 Å². The van der Waals surface area contributed by atoms with E-state index in [1.165, 1.54) is 12.1 Å². The number of ether oxygens (including phenoxy) is 1. The molecule has 2 heterocycles. The fraction of sp³-hybridized carbons (Fsp3) is 0.316. The molecule has 0 unspecified atom stereocenters. The Labute approximate surface area is 153 Å². The molecule has 8 heteroatoms. The van der Waals surface area contributed by atoms with Crippen molar-refractivity contribution in [1.29, 1.82) is 0 Å². The first-order chi connectivity index (χ1) is 13.0. The van der Waals surface area contributed by atoms with Crippen LogP contribution in [0.1, 0.15) is 6.42 Å². The van der Waals surface area contributed by atoms with Gasteiger partial charge in [-0.05, 0) is 48.7 Å². The van der Waals surface area contributed by atoms with Gasteiger partial charge in [0.1, 0.15) is 11.3 Å². The Morgan fingerprint density at radius 3 is 2.67 bits per heavy atom. The van der Waals surface area contributed by atoms with Gasteiger partial charge in [0.15, 0.2) is 5.58 Å². The second-order valence-electron chi connectivity index (χ2n) is 6.51. The molecule has 0 amide bonds. The number of alkyl halides is 3. The standard InChI is InChI=1S/C19H18F3N3O2/c20-19(21,22)27-15-7-5-14(6-8-15)25-10-9-13(12-25)11-23-18-24-16-3-1-2-4-17(16)26-18/h1-8,13H,9-12H2,(H,23,24)/t13-/m0/s1. The number of hydrogen-bond donors (Lipinski definition) is 1. The van der Waals surface area contributed by atoms with Crippen LogP contribution in [-0.4, -0.2) is 31.0 Å². The van der Waals surface area contributed by atoms with E-state index in [1.807, 2.05) is 24.3 Å². The van der Waals surface area contributed by atoms with Crippen molar-refractivity contribution in [1.82, 2.24) is 4.98 Å². The van der Waals surface area contributed by atoms with Crippen LogP contribution in [0.2, 0.25) is 0 Å². The maximum atomic E-state index is 12.2. The number of rotatable bonds is 5. The normalized spacial score (nSPS) is 17.4. The highest BCUT2D eigenvalue weighted by Gasteiger charge is 2.31. The molecular formula is C19H18F3N3O2. The third kappa shape index (κ3) is 4.27. The highest BCUT2D eigenvalue weighted by atomic mass is 19.4. The number of para-hydroxylation sites is 2. The molecular weight excluding hydrogens is 359 g/mol. The lowest BCUT2D eigenvalue weighted by Crippen LogP contribution is -2.22. The van der Waals surface area contributed by atoms with Crippen LogP contribution in [0, 0.1) is 5.92 Å². The number of halogens is 3. The largest absolute Gasteiger partial charge is 0.573 e. The summed E-state index contributed by atoms with van der Waals surface area (Å²) in [7, 11) is 0. The van der Waals surface area contributed by atoms with Crippen LogP contribution < -0.4 is 15.0 Å². The molecule has 1 aliphatic rings. The van der Waals surface area contributed by atoms with E-state index in [-0.39, 0.29) is 5.75 Å². The summed E-state index contributed by atoms with van der Waals surface area (Å²) in [5.41, 5.74) is 2.44. The molecule has 5 nitrogen and oxygen atoms in total. The van der Waals surface area contributed by atoms with Gasteiger partial charge < -0.3 is 19.4 Å². The van der Waals surface area contributed by atoms with E-state index in [2.05, 4.69) is 19.9 Å². The van der Waals surface area contributed by atoms with Crippen LogP contribution in [0.4, 0.5) is 24.9 Å². The number of benzene rings is 2. The zero-order chi connectivity index (χ0) is 18.9. The molecule has 1 aliphatic heterocycles. The van der Waals surface area contributed by atoms with Gasteiger partial charge in [-0.2, -0.15) is 4.98 Å². The second-order valence-corrected chi connectivity index (χ2v) is 6.51. The van der Waals surface area contributed by atoms with Crippen LogP contribution in [0.3, 0.4) is 0 Å². The average molecular weight is 377 g/mol. The number of nitrogens with one attached hydrogen (secondary N) is 1. The maximum Gasteiger partial charge on any atom is 0.573 e. The summed E-state index contributed by atoms with van der Waals surface area (Å²) in [5.74, 6) is 0.186. The zero-order valence-corrected chi connectivity index (χ0v) is 14.4. The minimum atomic E-state index is -4.67. The van der Waals surface area contributed by atoms with Crippen molar-refractivity contribution in [2.45, 2.75) is 12.8 Å². The topological polar surface area (TPSA) is 50.5 Å². The molecule has 1 saturated heterocycles. The van der Waals surface area contributed by atoms with Crippen LogP contribution >= 0.6 is 0 Å². The van der Waals surface area contributed by atoms with Gasteiger partial charge in [-0.15, -0.1) is 13.2 Å². The van der Waals surface area contributed by atoms with Crippen molar-refractivity contribution in [3.63, 3.8) is 0 Å². The quantitative estimate of drug-likeness (QED) is 0.701. The van der Waals surface area contributed by atoms with Crippen molar-refractivity contribution in [2.75, 3.05) is 29.9 Å². The van der Waals surface area contributed by atoms with Gasteiger partial charge >= 0.3 is 6.36 Å². The molecule has 0 spiro atoms. The molecule has 0 aliphatic carbocycles. The molecule has 0 bridgehead atoms. The minimum absolute atomic E-state index is 0.209. The SMILES string of the molecule is FC(F)(F)Oc1ccc(N2CC[C@@H](CNc3nc4ccccc4o3)C2)cc1. The fourth-order valence-electron chi connectivity index (χ4n) is 3.27. The van der Waals surface area contributed by atoms with Crippen molar-refractivity contribution in [3.05, 3.63) is 48.5 Å². The van der Waals surface area contributed by atoms with E-state index in [4.69, 9.17) is 4.42 Å². The summed E-state index contributed by atoms with van der Waals surface area (Å²) >= 11 is 0. The Morgan fingerprint density at radius 1 is 1.15 bits per heavy atom. The molecule has 0 saturated carbocycles. The Hall–Kier alpha value is -2.90. The summed E-state index contributed by atoms with van der Waals surface area (Å²) in [6.45, 7) is 2.38. The predicted octanol–water partition coefficient (Wildman–Crippen LogP) is 4.66. The monoisotopic (exact) mass is 377 g/mol.